The Morgan fingerprint density at radius 1 is 1.19 bits per heavy atom. The smallest absolute Gasteiger partial charge is 0.189 e. The lowest BCUT2D eigenvalue weighted by Crippen LogP contribution is -2.48. The number of rotatable bonds is 3. The molecule has 130 valence electrons. The van der Waals surface area contributed by atoms with E-state index in [4.69, 9.17) is 10.1 Å². The fourth-order valence-electron chi connectivity index (χ4n) is 4.32. The molecule has 26 heavy (non-hydrogen) atoms. The van der Waals surface area contributed by atoms with E-state index in [1.54, 1.807) is 0 Å². The van der Waals surface area contributed by atoms with Crippen molar-refractivity contribution in [1.29, 1.82) is 21.2 Å². The zero-order valence-electron chi connectivity index (χ0n) is 14.7. The van der Waals surface area contributed by atoms with Crippen LogP contribution in [0, 0.1) is 56.7 Å². The zero-order valence-corrected chi connectivity index (χ0v) is 14.7. The molecule has 3 atom stereocenters. The summed E-state index contributed by atoms with van der Waals surface area (Å²) in [5.74, 6) is -0.564. The molecule has 0 aliphatic heterocycles. The average molecular weight is 344 g/mol. The Hall–Kier alpha value is -3.10. The van der Waals surface area contributed by atoms with E-state index in [9.17, 15) is 15.8 Å². The van der Waals surface area contributed by atoms with E-state index in [-0.39, 0.29) is 11.6 Å². The summed E-state index contributed by atoms with van der Waals surface area (Å²) in [6, 6.07) is 13.8. The van der Waals surface area contributed by atoms with Gasteiger partial charge in [-0.25, -0.2) is 0 Å². The fourth-order valence-corrected chi connectivity index (χ4v) is 4.32. The maximum Gasteiger partial charge on any atom is 0.189 e. The SMILES string of the molecule is CCOc1ccc([C@@H]2[C@H]3CCCC=C3[C@H](C#N)C(=N)C2(C#N)C#N)cc1. The number of hydrogen-bond donors (Lipinski definition) is 1. The van der Waals surface area contributed by atoms with E-state index >= 15 is 0 Å². The summed E-state index contributed by atoms with van der Waals surface area (Å²) in [6.45, 7) is 2.47. The lowest BCUT2D eigenvalue weighted by atomic mass is 9.53. The molecule has 0 radical (unpaired) electrons. The average Bonchev–Trinajstić information content (AvgIpc) is 2.68. The molecule has 1 N–H and O–H groups in total. The molecule has 1 fully saturated rings. The van der Waals surface area contributed by atoms with E-state index in [0.29, 0.717) is 6.61 Å². The van der Waals surface area contributed by atoms with E-state index in [2.05, 4.69) is 18.2 Å². The maximum atomic E-state index is 9.92. The van der Waals surface area contributed by atoms with Crippen molar-refractivity contribution in [2.24, 2.45) is 17.3 Å². The van der Waals surface area contributed by atoms with Crippen LogP contribution in [0.25, 0.3) is 0 Å². The summed E-state index contributed by atoms with van der Waals surface area (Å²) in [6.07, 6.45) is 4.69. The summed E-state index contributed by atoms with van der Waals surface area (Å²) in [4.78, 5) is 0. The van der Waals surface area contributed by atoms with Gasteiger partial charge in [0.25, 0.3) is 0 Å². The first-order valence-electron chi connectivity index (χ1n) is 8.86. The van der Waals surface area contributed by atoms with Crippen LogP contribution in [0.4, 0.5) is 0 Å². The van der Waals surface area contributed by atoms with Gasteiger partial charge in [0.05, 0.1) is 30.5 Å². The van der Waals surface area contributed by atoms with Crippen LogP contribution in [0.3, 0.4) is 0 Å². The lowest BCUT2D eigenvalue weighted by Gasteiger charge is -2.45. The summed E-state index contributed by atoms with van der Waals surface area (Å²) in [5.41, 5.74) is 0.0416. The highest BCUT2D eigenvalue weighted by atomic mass is 16.5. The highest BCUT2D eigenvalue weighted by Gasteiger charge is 2.57. The summed E-state index contributed by atoms with van der Waals surface area (Å²) < 4.78 is 5.49. The van der Waals surface area contributed by atoms with Crippen molar-refractivity contribution in [3.05, 3.63) is 41.5 Å². The van der Waals surface area contributed by atoms with E-state index in [0.717, 1.165) is 36.1 Å². The number of ether oxygens (including phenoxy) is 1. The molecule has 1 aromatic carbocycles. The highest BCUT2D eigenvalue weighted by molar-refractivity contribution is 6.00. The van der Waals surface area contributed by atoms with Crippen LogP contribution in [0.15, 0.2) is 35.9 Å². The second-order valence-electron chi connectivity index (χ2n) is 6.73. The normalized spacial score (nSPS) is 26.5. The third-order valence-corrected chi connectivity index (χ3v) is 5.48. The van der Waals surface area contributed by atoms with E-state index < -0.39 is 17.3 Å². The molecule has 2 aliphatic rings. The Balaban J connectivity index is 2.16. The van der Waals surface area contributed by atoms with Gasteiger partial charge < -0.3 is 10.1 Å². The molecule has 0 unspecified atom stereocenters. The van der Waals surface area contributed by atoms with Crippen LogP contribution in [-0.2, 0) is 0 Å². The molecule has 0 heterocycles. The van der Waals surface area contributed by atoms with Gasteiger partial charge in [0.1, 0.15) is 11.7 Å². The van der Waals surface area contributed by atoms with Crippen LogP contribution >= 0.6 is 0 Å². The van der Waals surface area contributed by atoms with Crippen LogP contribution in [0.1, 0.15) is 37.7 Å². The largest absolute Gasteiger partial charge is 0.494 e. The Morgan fingerprint density at radius 3 is 2.46 bits per heavy atom. The number of nitriles is 3. The summed E-state index contributed by atoms with van der Waals surface area (Å²) in [7, 11) is 0. The second kappa shape index (κ2) is 7.03. The number of nitrogens with one attached hydrogen (secondary N) is 1. The topological polar surface area (TPSA) is 104 Å². The summed E-state index contributed by atoms with van der Waals surface area (Å²) in [5, 5.41) is 38.0. The number of benzene rings is 1. The standard InChI is InChI=1S/C21H20N4O/c1-2-26-15-9-7-14(8-10-15)19-17-6-4-3-5-16(17)18(11-22)20(25)21(19,12-23)13-24/h5,7-10,17-19,25H,2-4,6H2,1H3/t17-,18-,19+/m0/s1. The van der Waals surface area contributed by atoms with Gasteiger partial charge >= 0.3 is 0 Å². The van der Waals surface area contributed by atoms with Crippen molar-refractivity contribution in [2.45, 2.75) is 32.1 Å². The molecular weight excluding hydrogens is 324 g/mol. The maximum absolute atomic E-state index is 9.92. The van der Waals surface area contributed by atoms with Crippen molar-refractivity contribution in [3.63, 3.8) is 0 Å². The first-order valence-corrected chi connectivity index (χ1v) is 8.86. The Kier molecular flexibility index (Phi) is 4.79. The first-order chi connectivity index (χ1) is 12.6. The lowest BCUT2D eigenvalue weighted by molar-refractivity contribution is 0.318. The molecule has 3 rings (SSSR count). The molecule has 0 spiro atoms. The predicted molar refractivity (Wildman–Crippen MR) is 96.3 cm³/mol. The number of fused-ring (bicyclic) bond motifs is 1. The molecule has 5 heteroatoms. The van der Waals surface area contributed by atoms with Gasteiger partial charge in [0.15, 0.2) is 5.41 Å². The van der Waals surface area contributed by atoms with Gasteiger partial charge in [-0.1, -0.05) is 18.2 Å². The molecule has 0 bridgehead atoms. The number of allylic oxidation sites excluding steroid dienone is 2. The van der Waals surface area contributed by atoms with Crippen LogP contribution in [-0.4, -0.2) is 12.3 Å². The van der Waals surface area contributed by atoms with Gasteiger partial charge in [0, 0.05) is 5.92 Å². The van der Waals surface area contributed by atoms with Gasteiger partial charge in [-0.3, -0.25) is 0 Å². The van der Waals surface area contributed by atoms with Crippen LogP contribution in [0.5, 0.6) is 5.75 Å². The molecule has 1 aromatic rings. The van der Waals surface area contributed by atoms with Gasteiger partial charge in [0.2, 0.25) is 0 Å². The van der Waals surface area contributed by atoms with E-state index in [1.807, 2.05) is 37.3 Å². The third-order valence-electron chi connectivity index (χ3n) is 5.48. The van der Waals surface area contributed by atoms with Crippen LogP contribution in [0.2, 0.25) is 0 Å². The Morgan fingerprint density at radius 2 is 1.88 bits per heavy atom. The van der Waals surface area contributed by atoms with E-state index in [1.165, 1.54) is 0 Å². The number of hydrogen-bond acceptors (Lipinski definition) is 5. The highest BCUT2D eigenvalue weighted by Crippen LogP contribution is 2.55. The van der Waals surface area contributed by atoms with Gasteiger partial charge in [-0.05, 0) is 55.4 Å². The monoisotopic (exact) mass is 344 g/mol. The third kappa shape index (κ3) is 2.56. The van der Waals surface area contributed by atoms with Crippen molar-refractivity contribution in [1.82, 2.24) is 0 Å². The quantitative estimate of drug-likeness (QED) is 0.833. The predicted octanol–water partition coefficient (Wildman–Crippen LogP) is 4.10. The van der Waals surface area contributed by atoms with Crippen molar-refractivity contribution >= 4 is 5.71 Å². The van der Waals surface area contributed by atoms with Crippen molar-refractivity contribution < 1.29 is 4.74 Å². The summed E-state index contributed by atoms with van der Waals surface area (Å²) >= 11 is 0. The molecule has 0 amide bonds. The fraction of sp³-hybridized carbons (Fsp3) is 0.429. The number of nitrogens with zero attached hydrogens (tertiary/aromatic N) is 3. The molecule has 2 aliphatic carbocycles. The van der Waals surface area contributed by atoms with Crippen molar-refractivity contribution in [3.8, 4) is 24.0 Å². The minimum Gasteiger partial charge on any atom is -0.494 e. The minimum absolute atomic E-state index is 0.0697. The Labute approximate surface area is 153 Å². The van der Waals surface area contributed by atoms with Crippen LogP contribution < -0.4 is 4.74 Å². The Bertz CT molecular complexity index is 849. The minimum atomic E-state index is -1.62. The first kappa shape index (κ1) is 17.7. The molecule has 0 saturated heterocycles. The zero-order chi connectivity index (χ0) is 18.7. The molecule has 5 nitrogen and oxygen atoms in total. The molecule has 0 aromatic heterocycles. The second-order valence-corrected chi connectivity index (χ2v) is 6.73. The van der Waals surface area contributed by atoms with Gasteiger partial charge in [-0.2, -0.15) is 15.8 Å². The van der Waals surface area contributed by atoms with Crippen molar-refractivity contribution in [2.75, 3.05) is 6.61 Å². The molecular formula is C21H20N4O. The van der Waals surface area contributed by atoms with Gasteiger partial charge in [-0.15, -0.1) is 0 Å². The molecule has 1 saturated carbocycles.